The quantitative estimate of drug-likeness (QED) is 0.697. The van der Waals surface area contributed by atoms with Crippen molar-refractivity contribution in [1.82, 2.24) is 15.2 Å². The molecule has 2 heterocycles. The Labute approximate surface area is 104 Å². The number of pyridine rings is 1. The van der Waals surface area contributed by atoms with Gasteiger partial charge in [0.05, 0.1) is 11.7 Å². The first-order valence-electron chi connectivity index (χ1n) is 5.63. The molecule has 1 N–H and O–H groups in total. The topological polar surface area (TPSA) is 58.6 Å². The van der Waals surface area contributed by atoms with Gasteiger partial charge in [-0.15, -0.1) is 0 Å². The third kappa shape index (κ3) is 1.68. The van der Waals surface area contributed by atoms with Gasteiger partial charge in [-0.3, -0.25) is 14.9 Å². The summed E-state index contributed by atoms with van der Waals surface area (Å²) in [5.74, 6) is 0. The van der Waals surface area contributed by atoms with E-state index in [4.69, 9.17) is 0 Å². The van der Waals surface area contributed by atoms with Gasteiger partial charge >= 0.3 is 0 Å². The maximum atomic E-state index is 10.6. The highest BCUT2D eigenvalue weighted by atomic mass is 16.1. The maximum Gasteiger partial charge on any atom is 0.168 e. The van der Waals surface area contributed by atoms with E-state index in [1.54, 1.807) is 18.5 Å². The summed E-state index contributed by atoms with van der Waals surface area (Å²) in [6, 6.07) is 7.76. The third-order valence-electron chi connectivity index (χ3n) is 3.00. The normalized spacial score (nSPS) is 10.7. The number of rotatable bonds is 2. The zero-order chi connectivity index (χ0) is 12.5. The molecule has 0 amide bonds. The van der Waals surface area contributed by atoms with Crippen LogP contribution in [0.15, 0.2) is 36.7 Å². The summed E-state index contributed by atoms with van der Waals surface area (Å²) in [5.41, 5.74) is 4.69. The lowest BCUT2D eigenvalue weighted by Crippen LogP contribution is -1.89. The van der Waals surface area contributed by atoms with Crippen LogP contribution in [-0.4, -0.2) is 21.5 Å². The van der Waals surface area contributed by atoms with Crippen LogP contribution in [0.5, 0.6) is 0 Å². The van der Waals surface area contributed by atoms with Crippen molar-refractivity contribution in [2.24, 2.45) is 0 Å². The Morgan fingerprint density at radius 1 is 1.22 bits per heavy atom. The second-order valence-corrected chi connectivity index (χ2v) is 4.21. The van der Waals surface area contributed by atoms with Crippen LogP contribution in [0, 0.1) is 6.92 Å². The zero-order valence-electron chi connectivity index (χ0n) is 9.84. The Bertz CT molecular complexity index is 713. The van der Waals surface area contributed by atoms with E-state index < -0.39 is 0 Å². The maximum absolute atomic E-state index is 10.6. The van der Waals surface area contributed by atoms with E-state index in [0.717, 1.165) is 33.9 Å². The molecule has 4 nitrogen and oxygen atoms in total. The minimum Gasteiger partial charge on any atom is -0.296 e. The number of benzene rings is 1. The predicted molar refractivity (Wildman–Crippen MR) is 69.4 cm³/mol. The number of aryl methyl sites for hydroxylation is 1. The highest BCUT2D eigenvalue weighted by molar-refractivity contribution is 5.86. The molecule has 0 aliphatic heterocycles. The molecule has 0 fully saturated rings. The first-order valence-corrected chi connectivity index (χ1v) is 5.63. The Hall–Kier alpha value is -2.49. The summed E-state index contributed by atoms with van der Waals surface area (Å²) in [6.45, 7) is 2.05. The Balaban J connectivity index is 2.16. The lowest BCUT2D eigenvalue weighted by molar-refractivity contribution is 0.111. The van der Waals surface area contributed by atoms with Crippen LogP contribution in [-0.2, 0) is 0 Å². The van der Waals surface area contributed by atoms with E-state index in [-0.39, 0.29) is 0 Å². The molecule has 0 atom stereocenters. The molecule has 0 aliphatic carbocycles. The van der Waals surface area contributed by atoms with Crippen molar-refractivity contribution in [2.75, 3.05) is 0 Å². The average Bonchev–Trinajstić information content (AvgIpc) is 2.85. The van der Waals surface area contributed by atoms with E-state index in [1.807, 2.05) is 6.07 Å². The fraction of sp³-hybridized carbons (Fsp3) is 0.0714. The smallest absolute Gasteiger partial charge is 0.168 e. The van der Waals surface area contributed by atoms with Crippen molar-refractivity contribution < 1.29 is 4.79 Å². The number of hydrogen-bond donors (Lipinski definition) is 1. The van der Waals surface area contributed by atoms with Gasteiger partial charge in [0, 0.05) is 17.1 Å². The number of H-pyrrole nitrogens is 1. The van der Waals surface area contributed by atoms with Gasteiger partial charge in [0.2, 0.25) is 0 Å². The van der Waals surface area contributed by atoms with Gasteiger partial charge in [-0.1, -0.05) is 6.07 Å². The molecule has 2 aromatic heterocycles. The van der Waals surface area contributed by atoms with Crippen LogP contribution < -0.4 is 0 Å². The molecule has 0 radical (unpaired) electrons. The molecule has 0 unspecified atom stereocenters. The van der Waals surface area contributed by atoms with Crippen LogP contribution >= 0.6 is 0 Å². The minimum atomic E-state index is 0.444. The fourth-order valence-corrected chi connectivity index (χ4v) is 2.05. The monoisotopic (exact) mass is 237 g/mol. The Morgan fingerprint density at radius 2 is 2.11 bits per heavy atom. The third-order valence-corrected chi connectivity index (χ3v) is 3.00. The van der Waals surface area contributed by atoms with Gasteiger partial charge in [0.15, 0.2) is 6.29 Å². The van der Waals surface area contributed by atoms with E-state index in [2.05, 4.69) is 34.2 Å². The van der Waals surface area contributed by atoms with Crippen molar-refractivity contribution in [3.05, 3.63) is 47.9 Å². The molecule has 0 aliphatic rings. The summed E-state index contributed by atoms with van der Waals surface area (Å²) >= 11 is 0. The van der Waals surface area contributed by atoms with Gasteiger partial charge in [0.1, 0.15) is 5.69 Å². The number of hydrogen-bond acceptors (Lipinski definition) is 3. The molecule has 3 aromatic rings. The van der Waals surface area contributed by atoms with Crippen LogP contribution in [0.2, 0.25) is 0 Å². The van der Waals surface area contributed by atoms with Crippen LogP contribution in [0.3, 0.4) is 0 Å². The van der Waals surface area contributed by atoms with Gasteiger partial charge in [-0.25, -0.2) is 0 Å². The highest BCUT2D eigenvalue weighted by Crippen LogP contribution is 2.26. The van der Waals surface area contributed by atoms with Crippen molar-refractivity contribution in [2.45, 2.75) is 6.92 Å². The number of carbonyl (C=O) groups excluding carboxylic acids is 1. The Kier molecular flexibility index (Phi) is 2.41. The van der Waals surface area contributed by atoms with Gasteiger partial charge < -0.3 is 0 Å². The van der Waals surface area contributed by atoms with Gasteiger partial charge in [0.25, 0.3) is 0 Å². The number of aldehydes is 1. The van der Waals surface area contributed by atoms with Crippen molar-refractivity contribution in [3.8, 4) is 11.1 Å². The molecule has 0 bridgehead atoms. The van der Waals surface area contributed by atoms with Crippen LogP contribution in [0.4, 0.5) is 0 Å². The van der Waals surface area contributed by atoms with E-state index in [1.165, 1.54) is 0 Å². The lowest BCUT2D eigenvalue weighted by Gasteiger charge is -2.06. The van der Waals surface area contributed by atoms with E-state index in [0.29, 0.717) is 5.69 Å². The molecule has 1 aromatic carbocycles. The lowest BCUT2D eigenvalue weighted by atomic mass is 10.0. The second-order valence-electron chi connectivity index (χ2n) is 4.21. The van der Waals surface area contributed by atoms with Gasteiger partial charge in [-0.05, 0) is 36.2 Å². The van der Waals surface area contributed by atoms with Crippen molar-refractivity contribution in [3.63, 3.8) is 0 Å². The number of nitrogens with one attached hydrogen (secondary N) is 1. The largest absolute Gasteiger partial charge is 0.296 e. The van der Waals surface area contributed by atoms with Crippen molar-refractivity contribution in [1.29, 1.82) is 0 Å². The SMILES string of the molecule is Cc1cc2cn[nH]c2cc1-c1ccc(C=O)nc1. The fourth-order valence-electron chi connectivity index (χ4n) is 2.05. The highest BCUT2D eigenvalue weighted by Gasteiger charge is 2.06. The number of carbonyl (C=O) groups is 1. The number of nitrogens with zero attached hydrogens (tertiary/aromatic N) is 2. The predicted octanol–water partition coefficient (Wildman–Crippen LogP) is 2.75. The Morgan fingerprint density at radius 3 is 2.83 bits per heavy atom. The second kappa shape index (κ2) is 4.07. The van der Waals surface area contributed by atoms with E-state index >= 15 is 0 Å². The molecule has 3 rings (SSSR count). The van der Waals surface area contributed by atoms with E-state index in [9.17, 15) is 4.79 Å². The first kappa shape index (κ1) is 10.7. The van der Waals surface area contributed by atoms with Gasteiger partial charge in [-0.2, -0.15) is 5.10 Å². The van der Waals surface area contributed by atoms with Crippen molar-refractivity contribution >= 4 is 17.2 Å². The molecular formula is C14H11N3O. The molecule has 0 saturated heterocycles. The summed E-state index contributed by atoms with van der Waals surface area (Å²) in [7, 11) is 0. The number of aromatic amines is 1. The standard InChI is InChI=1S/C14H11N3O/c1-9-4-11-7-16-17-14(11)5-13(9)10-2-3-12(8-18)15-6-10/h2-8H,1H3,(H,16,17). The average molecular weight is 237 g/mol. The minimum absolute atomic E-state index is 0.444. The molecule has 0 saturated carbocycles. The number of fused-ring (bicyclic) bond motifs is 1. The molecule has 4 heteroatoms. The molecule has 88 valence electrons. The summed E-state index contributed by atoms with van der Waals surface area (Å²) in [4.78, 5) is 14.7. The number of aromatic nitrogens is 3. The van der Waals surface area contributed by atoms with Crippen LogP contribution in [0.25, 0.3) is 22.0 Å². The summed E-state index contributed by atoms with van der Waals surface area (Å²) in [5, 5.41) is 8.06. The summed E-state index contributed by atoms with van der Waals surface area (Å²) < 4.78 is 0. The summed E-state index contributed by atoms with van der Waals surface area (Å²) in [6.07, 6.45) is 4.27. The first-order chi connectivity index (χ1) is 8.78. The molecule has 0 spiro atoms. The van der Waals surface area contributed by atoms with Crippen LogP contribution in [0.1, 0.15) is 16.1 Å². The zero-order valence-corrected chi connectivity index (χ0v) is 9.84. The molecular weight excluding hydrogens is 226 g/mol. The molecule has 18 heavy (non-hydrogen) atoms.